The maximum atomic E-state index is 5.98. The van der Waals surface area contributed by atoms with E-state index in [-0.39, 0.29) is 0 Å². The number of aromatic nitrogens is 1. The quantitative estimate of drug-likeness (QED) is 0.648. The van der Waals surface area contributed by atoms with E-state index in [9.17, 15) is 0 Å². The van der Waals surface area contributed by atoms with Crippen LogP contribution in [-0.2, 0) is 0 Å². The second-order valence-electron chi connectivity index (χ2n) is 3.46. The Balaban J connectivity index is 2.27. The van der Waals surface area contributed by atoms with E-state index in [2.05, 4.69) is 11.1 Å². The Morgan fingerprint density at radius 2 is 2.25 bits per heavy atom. The molecule has 1 nitrogen and oxygen atoms in total. The van der Waals surface area contributed by atoms with Crippen molar-refractivity contribution >= 4 is 11.6 Å². The SMILES string of the molecule is Cc1ncc(C2CCC2)cc1Cl. The number of nitrogens with zero attached hydrogens (tertiary/aromatic N) is 1. The van der Waals surface area contributed by atoms with Crippen molar-refractivity contribution in [2.24, 2.45) is 0 Å². The molecule has 0 N–H and O–H groups in total. The highest BCUT2D eigenvalue weighted by atomic mass is 35.5. The molecular weight excluding hydrogens is 170 g/mol. The summed E-state index contributed by atoms with van der Waals surface area (Å²) >= 11 is 5.98. The Kier molecular flexibility index (Phi) is 2.05. The summed E-state index contributed by atoms with van der Waals surface area (Å²) in [6, 6.07) is 2.06. The van der Waals surface area contributed by atoms with E-state index in [1.807, 2.05) is 13.1 Å². The maximum Gasteiger partial charge on any atom is 0.0621 e. The predicted molar refractivity (Wildman–Crippen MR) is 50.6 cm³/mol. The summed E-state index contributed by atoms with van der Waals surface area (Å²) in [5, 5.41) is 0.805. The lowest BCUT2D eigenvalue weighted by Gasteiger charge is -2.25. The number of aryl methyl sites for hydroxylation is 1. The normalized spacial score (nSPS) is 17.5. The number of halogens is 1. The van der Waals surface area contributed by atoms with Gasteiger partial charge in [0, 0.05) is 6.20 Å². The van der Waals surface area contributed by atoms with Crippen LogP contribution >= 0.6 is 11.6 Å². The third-order valence-corrected chi connectivity index (χ3v) is 3.01. The third-order valence-electron chi connectivity index (χ3n) is 2.62. The lowest BCUT2D eigenvalue weighted by molar-refractivity contribution is 0.419. The zero-order chi connectivity index (χ0) is 8.55. The Hall–Kier alpha value is -0.560. The van der Waals surface area contributed by atoms with Gasteiger partial charge in [0.2, 0.25) is 0 Å². The van der Waals surface area contributed by atoms with Gasteiger partial charge in [0.15, 0.2) is 0 Å². The average Bonchev–Trinajstić information content (AvgIpc) is 1.93. The molecule has 0 bridgehead atoms. The molecule has 0 spiro atoms. The molecular formula is C10H12ClN. The molecule has 0 amide bonds. The van der Waals surface area contributed by atoms with Crippen LogP contribution in [0.25, 0.3) is 0 Å². The van der Waals surface area contributed by atoms with E-state index >= 15 is 0 Å². The van der Waals surface area contributed by atoms with Crippen molar-refractivity contribution in [3.05, 3.63) is 28.5 Å². The summed E-state index contributed by atoms with van der Waals surface area (Å²) in [6.45, 7) is 1.94. The van der Waals surface area contributed by atoms with Crippen LogP contribution in [0.2, 0.25) is 5.02 Å². The van der Waals surface area contributed by atoms with Crippen molar-refractivity contribution in [3.63, 3.8) is 0 Å². The minimum atomic E-state index is 0.732. The molecule has 1 saturated carbocycles. The van der Waals surface area contributed by atoms with Gasteiger partial charge in [0.25, 0.3) is 0 Å². The van der Waals surface area contributed by atoms with Gasteiger partial charge in [-0.1, -0.05) is 18.0 Å². The van der Waals surface area contributed by atoms with Crippen LogP contribution in [0.15, 0.2) is 12.3 Å². The Labute approximate surface area is 77.8 Å². The van der Waals surface area contributed by atoms with Gasteiger partial charge in [-0.25, -0.2) is 0 Å². The highest BCUT2D eigenvalue weighted by Crippen LogP contribution is 2.36. The fourth-order valence-electron chi connectivity index (χ4n) is 1.49. The molecule has 1 fully saturated rings. The molecule has 0 aliphatic heterocycles. The largest absolute Gasteiger partial charge is 0.260 e. The van der Waals surface area contributed by atoms with Gasteiger partial charge in [0.1, 0.15) is 0 Å². The van der Waals surface area contributed by atoms with Crippen molar-refractivity contribution in [1.29, 1.82) is 0 Å². The van der Waals surface area contributed by atoms with Crippen LogP contribution < -0.4 is 0 Å². The van der Waals surface area contributed by atoms with E-state index in [0.29, 0.717) is 0 Å². The molecule has 0 unspecified atom stereocenters. The fraction of sp³-hybridized carbons (Fsp3) is 0.500. The first-order valence-corrected chi connectivity index (χ1v) is 4.77. The monoisotopic (exact) mass is 181 g/mol. The lowest BCUT2D eigenvalue weighted by atomic mass is 9.81. The van der Waals surface area contributed by atoms with E-state index in [1.54, 1.807) is 0 Å². The number of hydrogen-bond acceptors (Lipinski definition) is 1. The number of hydrogen-bond donors (Lipinski definition) is 0. The summed E-state index contributed by atoms with van der Waals surface area (Å²) < 4.78 is 0. The lowest BCUT2D eigenvalue weighted by Crippen LogP contribution is -2.09. The molecule has 1 aliphatic rings. The summed E-state index contributed by atoms with van der Waals surface area (Å²) in [6.07, 6.45) is 5.93. The summed E-state index contributed by atoms with van der Waals surface area (Å²) in [7, 11) is 0. The molecule has 0 aromatic carbocycles. The van der Waals surface area contributed by atoms with Gasteiger partial charge in [-0.3, -0.25) is 4.98 Å². The topological polar surface area (TPSA) is 12.9 Å². The zero-order valence-electron chi connectivity index (χ0n) is 7.18. The van der Waals surface area contributed by atoms with Gasteiger partial charge in [-0.15, -0.1) is 0 Å². The molecule has 0 radical (unpaired) electrons. The minimum Gasteiger partial charge on any atom is -0.260 e. The summed E-state index contributed by atoms with van der Waals surface area (Å²) in [4.78, 5) is 4.25. The zero-order valence-corrected chi connectivity index (χ0v) is 7.93. The van der Waals surface area contributed by atoms with E-state index in [4.69, 9.17) is 11.6 Å². The van der Waals surface area contributed by atoms with Crippen LogP contribution in [-0.4, -0.2) is 4.98 Å². The van der Waals surface area contributed by atoms with Gasteiger partial charge >= 0.3 is 0 Å². The van der Waals surface area contributed by atoms with Crippen LogP contribution in [0.1, 0.15) is 36.4 Å². The van der Waals surface area contributed by atoms with Gasteiger partial charge < -0.3 is 0 Å². The van der Waals surface area contributed by atoms with Crippen LogP contribution in [0, 0.1) is 6.92 Å². The van der Waals surface area contributed by atoms with Crippen molar-refractivity contribution < 1.29 is 0 Å². The van der Waals surface area contributed by atoms with Crippen molar-refractivity contribution in [3.8, 4) is 0 Å². The average molecular weight is 182 g/mol. The van der Waals surface area contributed by atoms with Gasteiger partial charge in [-0.2, -0.15) is 0 Å². The Morgan fingerprint density at radius 1 is 1.50 bits per heavy atom. The molecule has 12 heavy (non-hydrogen) atoms. The number of rotatable bonds is 1. The highest BCUT2D eigenvalue weighted by molar-refractivity contribution is 6.31. The van der Waals surface area contributed by atoms with E-state index < -0.39 is 0 Å². The van der Waals surface area contributed by atoms with Crippen LogP contribution in [0.4, 0.5) is 0 Å². The van der Waals surface area contributed by atoms with Crippen molar-refractivity contribution in [2.45, 2.75) is 32.1 Å². The fourth-order valence-corrected chi connectivity index (χ4v) is 1.66. The smallest absolute Gasteiger partial charge is 0.0621 e. The highest BCUT2D eigenvalue weighted by Gasteiger charge is 2.19. The Morgan fingerprint density at radius 3 is 2.75 bits per heavy atom. The molecule has 0 atom stereocenters. The molecule has 1 heterocycles. The maximum absolute atomic E-state index is 5.98. The van der Waals surface area contributed by atoms with Crippen LogP contribution in [0.5, 0.6) is 0 Å². The number of pyridine rings is 1. The second-order valence-corrected chi connectivity index (χ2v) is 3.87. The minimum absolute atomic E-state index is 0.732. The first kappa shape index (κ1) is 8.06. The summed E-state index contributed by atoms with van der Waals surface area (Å²) in [5.41, 5.74) is 2.25. The summed E-state index contributed by atoms with van der Waals surface area (Å²) in [5.74, 6) is 0.732. The van der Waals surface area contributed by atoms with Gasteiger partial charge in [-0.05, 0) is 37.3 Å². The standard InChI is InChI=1S/C10H12ClN/c1-7-10(11)5-9(6-12-7)8-3-2-4-8/h5-6,8H,2-4H2,1H3. The molecule has 1 aromatic rings. The first-order valence-electron chi connectivity index (χ1n) is 4.39. The molecule has 64 valence electrons. The van der Waals surface area contributed by atoms with Crippen molar-refractivity contribution in [2.75, 3.05) is 0 Å². The second kappa shape index (κ2) is 3.06. The molecule has 2 rings (SSSR count). The van der Waals surface area contributed by atoms with E-state index in [0.717, 1.165) is 16.6 Å². The Bertz CT molecular complexity index is 292. The first-order chi connectivity index (χ1) is 5.77. The third kappa shape index (κ3) is 1.34. The molecule has 1 aliphatic carbocycles. The van der Waals surface area contributed by atoms with Crippen molar-refractivity contribution in [1.82, 2.24) is 4.98 Å². The predicted octanol–water partition coefficient (Wildman–Crippen LogP) is 3.31. The van der Waals surface area contributed by atoms with Crippen LogP contribution in [0.3, 0.4) is 0 Å². The molecule has 1 aromatic heterocycles. The van der Waals surface area contributed by atoms with Gasteiger partial charge in [0.05, 0.1) is 10.7 Å². The molecule has 2 heteroatoms. The van der Waals surface area contributed by atoms with E-state index in [1.165, 1.54) is 24.8 Å². The molecule has 0 saturated heterocycles.